The van der Waals surface area contributed by atoms with Gasteiger partial charge in [0.2, 0.25) is 0 Å². The summed E-state index contributed by atoms with van der Waals surface area (Å²) in [7, 11) is 0. The Labute approximate surface area is 154 Å². The van der Waals surface area contributed by atoms with Gasteiger partial charge in [-0.2, -0.15) is 0 Å². The number of hydrogen-bond acceptors (Lipinski definition) is 5. The minimum absolute atomic E-state index is 0. The molecular formula is C16H17ClN4OS2. The van der Waals surface area contributed by atoms with Gasteiger partial charge < -0.3 is 5.73 Å². The van der Waals surface area contributed by atoms with E-state index in [9.17, 15) is 4.79 Å². The minimum Gasteiger partial charge on any atom is -0.378 e. The van der Waals surface area contributed by atoms with Crippen LogP contribution in [0.4, 0.5) is 5.69 Å². The van der Waals surface area contributed by atoms with Crippen molar-refractivity contribution in [3.8, 4) is 0 Å². The summed E-state index contributed by atoms with van der Waals surface area (Å²) in [5, 5.41) is 2.31. The number of benzene rings is 1. The summed E-state index contributed by atoms with van der Waals surface area (Å²) >= 11 is 2.81. The predicted molar refractivity (Wildman–Crippen MR) is 105 cm³/mol. The molecule has 0 bridgehead atoms. The first-order valence-corrected chi connectivity index (χ1v) is 8.89. The van der Waals surface area contributed by atoms with Crippen molar-refractivity contribution >= 4 is 51.3 Å². The summed E-state index contributed by atoms with van der Waals surface area (Å²) < 4.78 is 1.53. The van der Waals surface area contributed by atoms with Crippen LogP contribution in [0.15, 0.2) is 45.6 Å². The molecule has 24 heavy (non-hydrogen) atoms. The van der Waals surface area contributed by atoms with E-state index < -0.39 is 0 Å². The van der Waals surface area contributed by atoms with Crippen LogP contribution in [0.1, 0.15) is 16.8 Å². The van der Waals surface area contributed by atoms with Gasteiger partial charge in [-0.3, -0.25) is 9.20 Å². The molecule has 0 spiro atoms. The largest absolute Gasteiger partial charge is 0.378 e. The Morgan fingerprint density at radius 1 is 1.29 bits per heavy atom. The number of hydrogen-bond donors (Lipinski definition) is 1. The second-order valence-corrected chi connectivity index (χ2v) is 7.09. The molecule has 2 aromatic heterocycles. The number of halogens is 1. The normalized spacial score (nSPS) is 11.5. The van der Waals surface area contributed by atoms with E-state index in [-0.39, 0.29) is 18.0 Å². The molecule has 0 aliphatic heterocycles. The number of thioether (sulfide) groups is 1. The molecule has 3 rings (SSSR count). The molecule has 126 valence electrons. The van der Waals surface area contributed by atoms with Crippen molar-refractivity contribution in [1.82, 2.24) is 9.38 Å². The lowest BCUT2D eigenvalue weighted by molar-refractivity contribution is 1.04. The predicted octanol–water partition coefficient (Wildman–Crippen LogP) is 3.67. The van der Waals surface area contributed by atoms with Gasteiger partial charge in [0.25, 0.3) is 5.56 Å². The van der Waals surface area contributed by atoms with Gasteiger partial charge in [-0.25, -0.2) is 9.98 Å². The molecule has 0 fully saturated rings. The van der Waals surface area contributed by atoms with Crippen LogP contribution < -0.4 is 11.3 Å². The highest BCUT2D eigenvalue weighted by atomic mass is 35.5. The third-order valence-corrected chi connectivity index (χ3v) is 4.75. The summed E-state index contributed by atoms with van der Waals surface area (Å²) in [5.74, 6) is 0.518. The summed E-state index contributed by atoms with van der Waals surface area (Å²) in [4.78, 5) is 21.5. The second kappa shape index (κ2) is 7.83. The lowest BCUT2D eigenvalue weighted by atomic mass is 10.1. The van der Waals surface area contributed by atoms with Gasteiger partial charge in [-0.15, -0.1) is 23.7 Å². The van der Waals surface area contributed by atoms with Gasteiger partial charge in [0.15, 0.2) is 10.1 Å². The molecule has 0 saturated carbocycles. The molecular weight excluding hydrogens is 364 g/mol. The fraction of sp³-hybridized carbons (Fsp3) is 0.188. The van der Waals surface area contributed by atoms with E-state index in [2.05, 4.69) is 16.0 Å². The third kappa shape index (κ3) is 4.37. The highest BCUT2D eigenvalue weighted by molar-refractivity contribution is 8.13. The van der Waals surface area contributed by atoms with Crippen molar-refractivity contribution in [2.24, 2.45) is 10.7 Å². The molecule has 0 amide bonds. The van der Waals surface area contributed by atoms with E-state index in [1.165, 1.54) is 33.6 Å². The topological polar surface area (TPSA) is 72.8 Å². The lowest BCUT2D eigenvalue weighted by Gasteiger charge is -2.03. The third-order valence-electron chi connectivity index (χ3n) is 3.17. The molecule has 2 heterocycles. The van der Waals surface area contributed by atoms with Gasteiger partial charge in [0, 0.05) is 23.4 Å². The number of thiazole rings is 1. The van der Waals surface area contributed by atoms with E-state index in [1.54, 1.807) is 6.20 Å². The van der Waals surface area contributed by atoms with Gasteiger partial charge in [0.05, 0.1) is 11.4 Å². The second-order valence-electron chi connectivity index (χ2n) is 5.23. The van der Waals surface area contributed by atoms with Crippen molar-refractivity contribution < 1.29 is 0 Å². The van der Waals surface area contributed by atoms with Crippen LogP contribution in [-0.2, 0) is 5.75 Å². The average molecular weight is 381 g/mol. The van der Waals surface area contributed by atoms with E-state index in [0.29, 0.717) is 21.6 Å². The molecule has 0 radical (unpaired) electrons. The maximum Gasteiger partial charge on any atom is 0.258 e. The van der Waals surface area contributed by atoms with Crippen molar-refractivity contribution in [2.75, 3.05) is 0 Å². The Balaban J connectivity index is 0.00000208. The first-order chi connectivity index (χ1) is 11.0. The first-order valence-electron chi connectivity index (χ1n) is 7.02. The lowest BCUT2D eigenvalue weighted by Crippen LogP contribution is -2.13. The van der Waals surface area contributed by atoms with Crippen molar-refractivity contribution in [2.45, 2.75) is 19.6 Å². The highest BCUT2D eigenvalue weighted by Gasteiger charge is 2.05. The van der Waals surface area contributed by atoms with E-state index in [0.717, 1.165) is 16.8 Å². The molecule has 0 saturated heterocycles. The average Bonchev–Trinajstić information content (AvgIpc) is 2.93. The smallest absolute Gasteiger partial charge is 0.258 e. The zero-order valence-electron chi connectivity index (χ0n) is 13.2. The molecule has 0 aliphatic carbocycles. The SMILES string of the molecule is Cc1cc(C)cc(N=C(N)SCc2cc(=O)n3ccsc3n2)c1.Cl. The zero-order chi connectivity index (χ0) is 16.4. The molecule has 3 aromatic rings. The summed E-state index contributed by atoms with van der Waals surface area (Å²) in [6, 6.07) is 7.61. The maximum atomic E-state index is 11.9. The van der Waals surface area contributed by atoms with E-state index >= 15 is 0 Å². The van der Waals surface area contributed by atoms with Gasteiger partial charge in [0.1, 0.15) is 0 Å². The van der Waals surface area contributed by atoms with Crippen LogP contribution in [0, 0.1) is 13.8 Å². The Morgan fingerprint density at radius 2 is 2.00 bits per heavy atom. The van der Waals surface area contributed by atoms with Crippen LogP contribution >= 0.6 is 35.5 Å². The number of aryl methyl sites for hydroxylation is 2. The number of nitrogens with two attached hydrogens (primary N) is 1. The standard InChI is InChI=1S/C16H16N4OS2.ClH/c1-10-5-11(2)7-12(6-10)18-15(17)23-9-13-8-14(21)20-3-4-22-16(20)19-13;/h3-8H,9H2,1-2H3,(H2,17,18);1H. The van der Waals surface area contributed by atoms with Gasteiger partial charge in [-0.1, -0.05) is 17.8 Å². The van der Waals surface area contributed by atoms with Crippen molar-refractivity contribution in [3.05, 3.63) is 63.0 Å². The molecule has 8 heteroatoms. The zero-order valence-corrected chi connectivity index (χ0v) is 15.7. The molecule has 0 atom stereocenters. The van der Waals surface area contributed by atoms with Crippen molar-refractivity contribution in [3.63, 3.8) is 0 Å². The Morgan fingerprint density at radius 3 is 2.71 bits per heavy atom. The van der Waals surface area contributed by atoms with Gasteiger partial charge >= 0.3 is 0 Å². The number of nitrogens with zero attached hydrogens (tertiary/aromatic N) is 3. The number of fused-ring (bicyclic) bond motifs is 1. The molecule has 1 aromatic carbocycles. The minimum atomic E-state index is -0.0725. The summed E-state index contributed by atoms with van der Waals surface area (Å²) in [6.45, 7) is 4.06. The van der Waals surface area contributed by atoms with Crippen LogP contribution in [-0.4, -0.2) is 14.6 Å². The van der Waals surface area contributed by atoms with Crippen LogP contribution in [0.25, 0.3) is 4.96 Å². The summed E-state index contributed by atoms with van der Waals surface area (Å²) in [6.07, 6.45) is 1.72. The first kappa shape index (κ1) is 18.5. The maximum absolute atomic E-state index is 11.9. The Kier molecular flexibility index (Phi) is 6.04. The van der Waals surface area contributed by atoms with Crippen LogP contribution in [0.3, 0.4) is 0 Å². The van der Waals surface area contributed by atoms with E-state index in [1.807, 2.05) is 31.4 Å². The van der Waals surface area contributed by atoms with Gasteiger partial charge in [-0.05, 0) is 37.1 Å². The number of rotatable bonds is 3. The molecule has 0 unspecified atom stereocenters. The Hall–Kier alpha value is -1.83. The molecule has 2 N–H and O–H groups in total. The summed E-state index contributed by atoms with van der Waals surface area (Å²) in [5.41, 5.74) is 9.77. The fourth-order valence-electron chi connectivity index (χ4n) is 2.28. The van der Waals surface area contributed by atoms with Crippen LogP contribution in [0.2, 0.25) is 0 Å². The Bertz CT molecular complexity index is 928. The number of amidine groups is 1. The molecule has 0 aliphatic rings. The quantitative estimate of drug-likeness (QED) is 0.555. The van der Waals surface area contributed by atoms with E-state index in [4.69, 9.17) is 5.73 Å². The fourth-order valence-corrected chi connectivity index (χ4v) is 3.64. The molecule has 5 nitrogen and oxygen atoms in total. The van der Waals surface area contributed by atoms with Crippen molar-refractivity contribution in [1.29, 1.82) is 0 Å². The monoisotopic (exact) mass is 380 g/mol. The number of aromatic nitrogens is 2. The highest BCUT2D eigenvalue weighted by Crippen LogP contribution is 2.19. The van der Waals surface area contributed by atoms with Crippen LogP contribution in [0.5, 0.6) is 0 Å². The number of aliphatic imine (C=N–C) groups is 1.